The zero-order valence-electron chi connectivity index (χ0n) is 6.71. The van der Waals surface area contributed by atoms with E-state index in [9.17, 15) is 8.42 Å². The predicted molar refractivity (Wildman–Crippen MR) is 46.3 cm³/mol. The molecule has 0 aliphatic rings. The van der Waals surface area contributed by atoms with E-state index >= 15 is 0 Å². The lowest BCUT2D eigenvalue weighted by atomic mass is 10.8. The number of nitrogens with one attached hydrogen (secondary N) is 1. The van der Waals surface area contributed by atoms with Gasteiger partial charge in [-0.2, -0.15) is 5.10 Å². The summed E-state index contributed by atoms with van der Waals surface area (Å²) in [6, 6.07) is 0. The molecule has 1 heterocycles. The van der Waals surface area contributed by atoms with E-state index in [1.807, 2.05) is 0 Å². The van der Waals surface area contributed by atoms with Crippen LogP contribution in [0.25, 0.3) is 0 Å². The lowest BCUT2D eigenvalue weighted by molar-refractivity contribution is 0.600. The molecule has 72 valence electrons. The van der Waals surface area contributed by atoms with Gasteiger partial charge in [-0.1, -0.05) is 0 Å². The van der Waals surface area contributed by atoms with E-state index in [4.69, 9.17) is 5.73 Å². The van der Waals surface area contributed by atoms with Gasteiger partial charge in [0, 0.05) is 6.54 Å². The summed E-state index contributed by atoms with van der Waals surface area (Å²) in [5.74, 6) is -0.207. The summed E-state index contributed by atoms with van der Waals surface area (Å²) >= 11 is 0. The minimum Gasteiger partial charge on any atom is -0.329 e. The highest BCUT2D eigenvalue weighted by Gasteiger charge is 2.09. The minimum absolute atomic E-state index is 0.0454. The average Bonchev–Trinajstić information content (AvgIpc) is 2.04. The molecule has 0 saturated heterocycles. The topological polar surface area (TPSA) is 111 Å². The molecule has 0 spiro atoms. The van der Waals surface area contributed by atoms with E-state index < -0.39 is 10.0 Å². The smallest absolute Gasteiger partial charge is 0.256 e. The summed E-state index contributed by atoms with van der Waals surface area (Å²) < 4.78 is 24.3. The quantitative estimate of drug-likeness (QED) is 0.620. The van der Waals surface area contributed by atoms with Crippen molar-refractivity contribution >= 4 is 16.0 Å². The number of rotatable bonds is 4. The Morgan fingerprint density at radius 3 is 2.77 bits per heavy atom. The standard InChI is InChI=1S/C5H9N5O2S/c6-1-4-13(11,12)10-5-7-2-3-8-9-5/h2-3H,1,4,6H2,(H,7,9,10). The highest BCUT2D eigenvalue weighted by molar-refractivity contribution is 7.92. The summed E-state index contributed by atoms with van der Waals surface area (Å²) in [5, 5.41) is 6.91. The van der Waals surface area contributed by atoms with E-state index in [1.54, 1.807) is 0 Å². The Labute approximate surface area is 75.4 Å². The predicted octanol–water partition coefficient (Wildman–Crippen LogP) is -1.43. The van der Waals surface area contributed by atoms with Gasteiger partial charge in [0.15, 0.2) is 0 Å². The number of hydrogen-bond donors (Lipinski definition) is 2. The molecular formula is C5H9N5O2S. The third-order valence-electron chi connectivity index (χ3n) is 1.12. The molecule has 0 saturated carbocycles. The molecule has 0 amide bonds. The molecular weight excluding hydrogens is 194 g/mol. The Kier molecular flexibility index (Phi) is 3.09. The molecule has 0 radical (unpaired) electrons. The third kappa shape index (κ3) is 3.30. The molecule has 0 aliphatic carbocycles. The SMILES string of the molecule is NCCS(=O)(=O)Nc1nccnn1. The van der Waals surface area contributed by atoms with Crippen molar-refractivity contribution in [1.82, 2.24) is 15.2 Å². The largest absolute Gasteiger partial charge is 0.329 e. The normalized spacial score (nSPS) is 11.2. The van der Waals surface area contributed by atoms with Crippen molar-refractivity contribution in [2.45, 2.75) is 0 Å². The van der Waals surface area contributed by atoms with Gasteiger partial charge in [-0.15, -0.1) is 5.10 Å². The van der Waals surface area contributed by atoms with E-state index in [2.05, 4.69) is 19.9 Å². The second-order valence-electron chi connectivity index (χ2n) is 2.18. The third-order valence-corrected chi connectivity index (χ3v) is 2.38. The first-order valence-electron chi connectivity index (χ1n) is 3.48. The van der Waals surface area contributed by atoms with Crippen molar-refractivity contribution in [3.05, 3.63) is 12.4 Å². The average molecular weight is 203 g/mol. The van der Waals surface area contributed by atoms with Crippen molar-refractivity contribution in [2.24, 2.45) is 5.73 Å². The molecule has 1 aromatic rings. The fourth-order valence-electron chi connectivity index (χ4n) is 0.640. The fourth-order valence-corrected chi connectivity index (χ4v) is 1.42. The van der Waals surface area contributed by atoms with Crippen LogP contribution in [-0.4, -0.2) is 35.9 Å². The van der Waals surface area contributed by atoms with Crippen LogP contribution in [0, 0.1) is 0 Å². The van der Waals surface area contributed by atoms with Gasteiger partial charge in [0.25, 0.3) is 5.95 Å². The Morgan fingerprint density at radius 2 is 2.23 bits per heavy atom. The van der Waals surface area contributed by atoms with Gasteiger partial charge in [0.1, 0.15) is 0 Å². The Hall–Kier alpha value is -1.28. The molecule has 0 aliphatic heterocycles. The van der Waals surface area contributed by atoms with Crippen LogP contribution in [0.2, 0.25) is 0 Å². The first kappa shape index (κ1) is 9.81. The van der Waals surface area contributed by atoms with Gasteiger partial charge in [-0.3, -0.25) is 0 Å². The van der Waals surface area contributed by atoms with Crippen LogP contribution < -0.4 is 10.5 Å². The molecule has 0 unspecified atom stereocenters. The summed E-state index contributed by atoms with van der Waals surface area (Å²) in [5.41, 5.74) is 5.09. The molecule has 7 nitrogen and oxygen atoms in total. The maximum absolute atomic E-state index is 11.1. The van der Waals surface area contributed by atoms with Crippen molar-refractivity contribution in [2.75, 3.05) is 17.0 Å². The molecule has 0 fully saturated rings. The lowest BCUT2D eigenvalue weighted by Crippen LogP contribution is -2.23. The van der Waals surface area contributed by atoms with Crippen LogP contribution >= 0.6 is 0 Å². The summed E-state index contributed by atoms with van der Waals surface area (Å²) in [6.45, 7) is 0.0512. The van der Waals surface area contributed by atoms with Crippen LogP contribution in [0.3, 0.4) is 0 Å². The molecule has 3 N–H and O–H groups in total. The van der Waals surface area contributed by atoms with E-state index in [0.29, 0.717) is 0 Å². The highest BCUT2D eigenvalue weighted by atomic mass is 32.2. The van der Waals surface area contributed by atoms with Crippen molar-refractivity contribution < 1.29 is 8.42 Å². The second kappa shape index (κ2) is 4.10. The molecule has 0 atom stereocenters. The molecule has 1 aromatic heterocycles. The van der Waals surface area contributed by atoms with Gasteiger partial charge in [-0.25, -0.2) is 18.1 Å². The van der Waals surface area contributed by atoms with Crippen LogP contribution in [0.4, 0.5) is 5.95 Å². The molecule has 8 heteroatoms. The number of nitrogens with two attached hydrogens (primary N) is 1. The number of sulfonamides is 1. The van der Waals surface area contributed by atoms with E-state index in [-0.39, 0.29) is 18.2 Å². The van der Waals surface area contributed by atoms with Crippen molar-refractivity contribution in [3.63, 3.8) is 0 Å². The van der Waals surface area contributed by atoms with E-state index in [0.717, 1.165) is 0 Å². The molecule has 13 heavy (non-hydrogen) atoms. The number of hydrogen-bond acceptors (Lipinski definition) is 6. The summed E-state index contributed by atoms with van der Waals surface area (Å²) in [4.78, 5) is 3.64. The summed E-state index contributed by atoms with van der Waals surface area (Å²) in [6.07, 6.45) is 2.69. The lowest BCUT2D eigenvalue weighted by Gasteiger charge is -2.02. The number of nitrogens with zero attached hydrogens (tertiary/aromatic N) is 3. The van der Waals surface area contributed by atoms with Crippen LogP contribution in [-0.2, 0) is 10.0 Å². The minimum atomic E-state index is -3.42. The molecule has 0 bridgehead atoms. The van der Waals surface area contributed by atoms with E-state index in [1.165, 1.54) is 12.4 Å². The zero-order valence-corrected chi connectivity index (χ0v) is 7.53. The first-order chi connectivity index (χ1) is 6.14. The van der Waals surface area contributed by atoms with Gasteiger partial charge in [0.05, 0.1) is 18.1 Å². The van der Waals surface area contributed by atoms with Crippen LogP contribution in [0.15, 0.2) is 12.4 Å². The molecule has 0 aromatic carbocycles. The molecule has 1 rings (SSSR count). The second-order valence-corrected chi connectivity index (χ2v) is 4.02. The van der Waals surface area contributed by atoms with Gasteiger partial charge >= 0.3 is 0 Å². The maximum Gasteiger partial charge on any atom is 0.256 e. The Morgan fingerprint density at radius 1 is 1.46 bits per heavy atom. The Balaban J connectivity index is 2.70. The van der Waals surface area contributed by atoms with Gasteiger partial charge in [-0.05, 0) is 0 Å². The first-order valence-corrected chi connectivity index (χ1v) is 5.13. The highest BCUT2D eigenvalue weighted by Crippen LogP contribution is 1.96. The zero-order chi connectivity index (χ0) is 9.73. The van der Waals surface area contributed by atoms with Gasteiger partial charge < -0.3 is 5.73 Å². The van der Waals surface area contributed by atoms with Crippen LogP contribution in [0.5, 0.6) is 0 Å². The van der Waals surface area contributed by atoms with Gasteiger partial charge in [0.2, 0.25) is 10.0 Å². The summed E-state index contributed by atoms with van der Waals surface area (Å²) in [7, 11) is -3.42. The maximum atomic E-state index is 11.1. The van der Waals surface area contributed by atoms with Crippen molar-refractivity contribution in [3.8, 4) is 0 Å². The fraction of sp³-hybridized carbons (Fsp3) is 0.400. The van der Waals surface area contributed by atoms with Crippen molar-refractivity contribution in [1.29, 1.82) is 0 Å². The monoisotopic (exact) mass is 203 g/mol. The van der Waals surface area contributed by atoms with Crippen LogP contribution in [0.1, 0.15) is 0 Å². The number of aromatic nitrogens is 3. The Bertz CT molecular complexity index is 350. The number of anilines is 1.